The van der Waals surface area contributed by atoms with Gasteiger partial charge in [-0.25, -0.2) is 4.79 Å². The number of carbonyl (C=O) groups is 1. The van der Waals surface area contributed by atoms with E-state index in [9.17, 15) is 4.79 Å². The number of hydrogen-bond acceptors (Lipinski definition) is 3. The van der Waals surface area contributed by atoms with Crippen LogP contribution in [0.15, 0.2) is 30.3 Å². The maximum atomic E-state index is 12.1. The van der Waals surface area contributed by atoms with Crippen molar-refractivity contribution in [3.63, 3.8) is 0 Å². The van der Waals surface area contributed by atoms with Crippen molar-refractivity contribution in [3.8, 4) is 0 Å². The van der Waals surface area contributed by atoms with E-state index in [-0.39, 0.29) is 12.0 Å². The molecule has 0 bridgehead atoms. The van der Waals surface area contributed by atoms with Gasteiger partial charge in [0.05, 0.1) is 6.61 Å². The van der Waals surface area contributed by atoms with Crippen LogP contribution in [-0.2, 0) is 15.1 Å². The summed E-state index contributed by atoms with van der Waals surface area (Å²) in [5.74, 6) is -0.236. The molecule has 0 aliphatic rings. The molecule has 0 radical (unpaired) electrons. The maximum Gasteiger partial charge on any atom is 0.330 e. The van der Waals surface area contributed by atoms with Crippen molar-refractivity contribution >= 4 is 5.97 Å². The van der Waals surface area contributed by atoms with E-state index in [1.54, 1.807) is 0 Å². The second-order valence-corrected chi connectivity index (χ2v) is 4.51. The summed E-state index contributed by atoms with van der Waals surface area (Å²) in [7, 11) is 0. The Bertz CT molecular complexity index is 362. The van der Waals surface area contributed by atoms with Crippen molar-refractivity contribution in [2.24, 2.45) is 0 Å². The van der Waals surface area contributed by atoms with Crippen LogP contribution in [0.3, 0.4) is 0 Å². The fourth-order valence-electron chi connectivity index (χ4n) is 1.88. The zero-order valence-corrected chi connectivity index (χ0v) is 11.0. The molecular formula is C14H21NO2. The van der Waals surface area contributed by atoms with Crippen molar-refractivity contribution in [1.82, 2.24) is 5.32 Å². The fourth-order valence-corrected chi connectivity index (χ4v) is 1.88. The van der Waals surface area contributed by atoms with Gasteiger partial charge in [0.15, 0.2) is 0 Å². The lowest BCUT2D eigenvalue weighted by Gasteiger charge is -2.31. The van der Waals surface area contributed by atoms with Crippen molar-refractivity contribution < 1.29 is 9.53 Å². The molecule has 1 atom stereocenters. The molecule has 1 rings (SSSR count). The highest BCUT2D eigenvalue weighted by Crippen LogP contribution is 2.23. The van der Waals surface area contributed by atoms with Crippen LogP contribution in [0, 0.1) is 0 Å². The van der Waals surface area contributed by atoms with Gasteiger partial charge in [-0.3, -0.25) is 5.32 Å². The number of nitrogens with one attached hydrogen (secondary N) is 1. The first-order valence-electron chi connectivity index (χ1n) is 6.01. The lowest BCUT2D eigenvalue weighted by atomic mass is 9.91. The molecule has 0 aliphatic heterocycles. The molecule has 1 unspecified atom stereocenters. The summed E-state index contributed by atoms with van der Waals surface area (Å²) < 4.78 is 5.16. The third-order valence-electron chi connectivity index (χ3n) is 2.61. The van der Waals surface area contributed by atoms with E-state index < -0.39 is 5.54 Å². The molecule has 1 aromatic carbocycles. The minimum absolute atomic E-state index is 0.199. The third kappa shape index (κ3) is 3.30. The zero-order valence-electron chi connectivity index (χ0n) is 11.0. The molecule has 0 saturated heterocycles. The van der Waals surface area contributed by atoms with Gasteiger partial charge in [0.1, 0.15) is 5.54 Å². The van der Waals surface area contributed by atoms with Gasteiger partial charge in [0.2, 0.25) is 0 Å². The van der Waals surface area contributed by atoms with Gasteiger partial charge in [0, 0.05) is 6.04 Å². The highest BCUT2D eigenvalue weighted by molar-refractivity contribution is 5.82. The van der Waals surface area contributed by atoms with E-state index in [1.807, 2.05) is 58.0 Å². The molecule has 3 heteroatoms. The van der Waals surface area contributed by atoms with Crippen LogP contribution in [0.1, 0.15) is 33.3 Å². The normalized spacial score (nSPS) is 14.4. The Morgan fingerprint density at radius 1 is 1.35 bits per heavy atom. The number of benzene rings is 1. The Balaban J connectivity index is 3.06. The Labute approximate surface area is 103 Å². The topological polar surface area (TPSA) is 38.3 Å². The minimum Gasteiger partial charge on any atom is -0.464 e. The quantitative estimate of drug-likeness (QED) is 0.797. The van der Waals surface area contributed by atoms with Crippen LogP contribution < -0.4 is 5.32 Å². The Morgan fingerprint density at radius 2 is 1.94 bits per heavy atom. The number of hydrogen-bond donors (Lipinski definition) is 1. The molecular weight excluding hydrogens is 214 g/mol. The highest BCUT2D eigenvalue weighted by Gasteiger charge is 2.36. The molecule has 3 nitrogen and oxygen atoms in total. The third-order valence-corrected chi connectivity index (χ3v) is 2.61. The van der Waals surface area contributed by atoms with Gasteiger partial charge < -0.3 is 4.74 Å². The van der Waals surface area contributed by atoms with Gasteiger partial charge in [-0.05, 0) is 33.3 Å². The van der Waals surface area contributed by atoms with Gasteiger partial charge >= 0.3 is 5.97 Å². The number of esters is 1. The molecule has 17 heavy (non-hydrogen) atoms. The molecule has 0 saturated carbocycles. The Kier molecular flexibility index (Phi) is 4.70. The van der Waals surface area contributed by atoms with Crippen molar-refractivity contribution in [2.45, 2.75) is 39.3 Å². The maximum absolute atomic E-state index is 12.1. The van der Waals surface area contributed by atoms with E-state index in [4.69, 9.17) is 4.74 Å². The summed E-state index contributed by atoms with van der Waals surface area (Å²) in [6, 6.07) is 9.86. The van der Waals surface area contributed by atoms with Crippen LogP contribution in [0.4, 0.5) is 0 Å². The van der Waals surface area contributed by atoms with Crippen LogP contribution >= 0.6 is 0 Å². The van der Waals surface area contributed by atoms with E-state index in [0.717, 1.165) is 5.56 Å². The molecule has 1 N–H and O–H groups in total. The van der Waals surface area contributed by atoms with Crippen LogP contribution in [0.2, 0.25) is 0 Å². The lowest BCUT2D eigenvalue weighted by Crippen LogP contribution is -2.50. The van der Waals surface area contributed by atoms with Gasteiger partial charge in [-0.15, -0.1) is 0 Å². The molecule has 94 valence electrons. The van der Waals surface area contributed by atoms with E-state index >= 15 is 0 Å². The Hall–Kier alpha value is -1.35. The summed E-state index contributed by atoms with van der Waals surface area (Å²) in [5, 5.41) is 3.28. The van der Waals surface area contributed by atoms with E-state index in [0.29, 0.717) is 6.61 Å². The molecule has 0 spiro atoms. The Morgan fingerprint density at radius 3 is 2.41 bits per heavy atom. The molecule has 0 fully saturated rings. The van der Waals surface area contributed by atoms with Crippen LogP contribution in [-0.4, -0.2) is 18.6 Å². The number of rotatable bonds is 5. The first-order chi connectivity index (χ1) is 8.00. The summed E-state index contributed by atoms with van der Waals surface area (Å²) in [4.78, 5) is 12.1. The van der Waals surface area contributed by atoms with Crippen molar-refractivity contribution in [3.05, 3.63) is 35.9 Å². The summed E-state index contributed by atoms with van der Waals surface area (Å²) >= 11 is 0. The van der Waals surface area contributed by atoms with Gasteiger partial charge in [0.25, 0.3) is 0 Å². The first-order valence-corrected chi connectivity index (χ1v) is 6.01. The van der Waals surface area contributed by atoms with E-state index in [1.165, 1.54) is 0 Å². The van der Waals surface area contributed by atoms with Crippen LogP contribution in [0.25, 0.3) is 0 Å². The predicted octanol–water partition coefficient (Wildman–Crippen LogP) is 2.46. The smallest absolute Gasteiger partial charge is 0.330 e. The molecule has 0 aliphatic carbocycles. The van der Waals surface area contributed by atoms with Gasteiger partial charge in [-0.2, -0.15) is 0 Å². The second-order valence-electron chi connectivity index (χ2n) is 4.51. The minimum atomic E-state index is -0.786. The molecule has 0 amide bonds. The molecule has 1 aromatic rings. The van der Waals surface area contributed by atoms with Crippen molar-refractivity contribution in [2.75, 3.05) is 6.61 Å². The fraction of sp³-hybridized carbons (Fsp3) is 0.500. The molecule has 0 heterocycles. The summed E-state index contributed by atoms with van der Waals surface area (Å²) in [6.45, 7) is 8.10. The number of ether oxygens (including phenoxy) is 1. The van der Waals surface area contributed by atoms with Gasteiger partial charge in [-0.1, -0.05) is 30.3 Å². The largest absolute Gasteiger partial charge is 0.464 e. The number of carbonyl (C=O) groups excluding carboxylic acids is 1. The summed E-state index contributed by atoms with van der Waals surface area (Å²) in [5.41, 5.74) is 0.137. The van der Waals surface area contributed by atoms with Crippen molar-refractivity contribution in [1.29, 1.82) is 0 Å². The SMILES string of the molecule is CCOC(=O)C(C)(NC(C)C)c1ccccc1. The van der Waals surface area contributed by atoms with Crippen LogP contribution in [0.5, 0.6) is 0 Å². The monoisotopic (exact) mass is 235 g/mol. The highest BCUT2D eigenvalue weighted by atomic mass is 16.5. The predicted molar refractivity (Wildman–Crippen MR) is 68.7 cm³/mol. The van der Waals surface area contributed by atoms with E-state index in [2.05, 4.69) is 5.32 Å². The second kappa shape index (κ2) is 5.82. The standard InChI is InChI=1S/C14H21NO2/c1-5-17-13(16)14(4,15-11(2)3)12-9-7-6-8-10-12/h6-11,15H,5H2,1-4H3. The summed E-state index contributed by atoms with van der Waals surface area (Å²) in [6.07, 6.45) is 0. The average Bonchev–Trinajstić information content (AvgIpc) is 2.29. The zero-order chi connectivity index (χ0) is 12.9. The lowest BCUT2D eigenvalue weighted by molar-refractivity contribution is -0.151. The molecule has 0 aromatic heterocycles. The first kappa shape index (κ1) is 13.7. The average molecular weight is 235 g/mol.